The zero-order valence-electron chi connectivity index (χ0n) is 12.1. The van der Waals surface area contributed by atoms with E-state index >= 15 is 0 Å². The molecule has 1 amide bonds. The van der Waals surface area contributed by atoms with Crippen molar-refractivity contribution >= 4 is 46.4 Å². The summed E-state index contributed by atoms with van der Waals surface area (Å²) in [5, 5.41) is 4.90. The third kappa shape index (κ3) is 5.13. The van der Waals surface area contributed by atoms with Gasteiger partial charge in [0.1, 0.15) is 5.75 Å². The van der Waals surface area contributed by atoms with Crippen LogP contribution in [0.15, 0.2) is 47.6 Å². The maximum absolute atomic E-state index is 11.8. The molecule has 23 heavy (non-hydrogen) atoms. The van der Waals surface area contributed by atoms with Crippen molar-refractivity contribution in [3.63, 3.8) is 0 Å². The average Bonchev–Trinajstić information content (AvgIpc) is 2.55. The Morgan fingerprint density at radius 3 is 2.43 bits per heavy atom. The second-order valence-electron chi connectivity index (χ2n) is 4.58. The number of rotatable bonds is 5. The Bertz CT molecular complexity index is 734. The average molecular weight is 372 g/mol. The molecule has 0 saturated carbocycles. The van der Waals surface area contributed by atoms with Gasteiger partial charge in [-0.05, 0) is 18.6 Å². The second-order valence-corrected chi connectivity index (χ2v) is 5.81. The van der Waals surface area contributed by atoms with Crippen LogP contribution < -0.4 is 10.2 Å². The number of carbonyl (C=O) groups is 1. The van der Waals surface area contributed by atoms with E-state index in [1.54, 1.807) is 6.92 Å². The van der Waals surface area contributed by atoms with E-state index in [9.17, 15) is 4.79 Å². The number of carbonyl (C=O) groups excluding carboxylic acids is 1. The van der Waals surface area contributed by atoms with Gasteiger partial charge in [-0.15, -0.1) is 0 Å². The van der Waals surface area contributed by atoms with Crippen LogP contribution in [0, 0.1) is 0 Å². The van der Waals surface area contributed by atoms with Crippen molar-refractivity contribution in [3.8, 4) is 5.75 Å². The smallest absolute Gasteiger partial charge is 0.277 e. The van der Waals surface area contributed by atoms with E-state index in [1.807, 2.05) is 30.3 Å². The zero-order chi connectivity index (χ0) is 16.8. The SMILES string of the molecule is C/C(=N\NC(=O)COc1cc(Cl)c(Cl)cc1Cl)c1ccccc1. The van der Waals surface area contributed by atoms with Crippen molar-refractivity contribution in [2.24, 2.45) is 5.10 Å². The molecule has 0 unspecified atom stereocenters. The predicted molar refractivity (Wildman–Crippen MR) is 93.8 cm³/mol. The summed E-state index contributed by atoms with van der Waals surface area (Å²) in [5.41, 5.74) is 4.02. The molecule has 0 radical (unpaired) electrons. The molecule has 0 bridgehead atoms. The second kappa shape index (κ2) is 8.20. The minimum Gasteiger partial charge on any atom is -0.482 e. The molecule has 0 fully saturated rings. The van der Waals surface area contributed by atoms with E-state index in [0.717, 1.165) is 5.56 Å². The van der Waals surface area contributed by atoms with Crippen LogP contribution in [-0.4, -0.2) is 18.2 Å². The van der Waals surface area contributed by atoms with Gasteiger partial charge >= 0.3 is 0 Å². The molecule has 120 valence electrons. The molecule has 0 aromatic heterocycles. The fraction of sp³-hybridized carbons (Fsp3) is 0.125. The van der Waals surface area contributed by atoms with Gasteiger partial charge in [-0.25, -0.2) is 5.43 Å². The standard InChI is InChI=1S/C16H13Cl3N2O2/c1-10(11-5-3-2-4-6-11)20-21-16(22)9-23-15-8-13(18)12(17)7-14(15)19/h2-8H,9H2,1H3,(H,21,22)/b20-10+. The van der Waals surface area contributed by atoms with Crippen molar-refractivity contribution < 1.29 is 9.53 Å². The number of nitrogens with zero attached hydrogens (tertiary/aromatic N) is 1. The van der Waals surface area contributed by atoms with E-state index in [2.05, 4.69) is 10.5 Å². The molecule has 1 N–H and O–H groups in total. The van der Waals surface area contributed by atoms with Crippen LogP contribution in [0.3, 0.4) is 0 Å². The lowest BCUT2D eigenvalue weighted by atomic mass is 10.1. The lowest BCUT2D eigenvalue weighted by Crippen LogP contribution is -2.25. The van der Waals surface area contributed by atoms with Gasteiger partial charge in [0, 0.05) is 6.07 Å². The van der Waals surface area contributed by atoms with Gasteiger partial charge in [0.05, 0.1) is 20.8 Å². The van der Waals surface area contributed by atoms with Gasteiger partial charge in [0.2, 0.25) is 0 Å². The molecular weight excluding hydrogens is 359 g/mol. The van der Waals surface area contributed by atoms with E-state index < -0.39 is 5.91 Å². The number of amides is 1. The van der Waals surface area contributed by atoms with Crippen LogP contribution >= 0.6 is 34.8 Å². The van der Waals surface area contributed by atoms with Gasteiger partial charge in [0.15, 0.2) is 6.61 Å². The first-order valence-corrected chi connectivity index (χ1v) is 7.76. The third-order valence-electron chi connectivity index (χ3n) is 2.87. The summed E-state index contributed by atoms with van der Waals surface area (Å²) in [5.74, 6) is -0.137. The van der Waals surface area contributed by atoms with E-state index in [-0.39, 0.29) is 17.4 Å². The first kappa shape index (κ1) is 17.6. The molecule has 0 heterocycles. The molecule has 0 aliphatic rings. The topological polar surface area (TPSA) is 50.7 Å². The Hall–Kier alpha value is -1.75. The number of halogens is 3. The Labute approximate surface area is 149 Å². The Balaban J connectivity index is 1.92. The summed E-state index contributed by atoms with van der Waals surface area (Å²) in [6.45, 7) is 1.55. The molecule has 2 rings (SSSR count). The van der Waals surface area contributed by atoms with E-state index in [0.29, 0.717) is 15.8 Å². The number of hydrazone groups is 1. The van der Waals surface area contributed by atoms with Crippen molar-refractivity contribution in [1.29, 1.82) is 0 Å². The summed E-state index contributed by atoms with van der Waals surface area (Å²) in [7, 11) is 0. The zero-order valence-corrected chi connectivity index (χ0v) is 14.4. The number of hydrogen-bond acceptors (Lipinski definition) is 3. The van der Waals surface area contributed by atoms with Crippen LogP contribution in [0.5, 0.6) is 5.75 Å². The molecule has 0 spiro atoms. The molecule has 7 heteroatoms. The Kier molecular flexibility index (Phi) is 6.28. The van der Waals surface area contributed by atoms with Crippen LogP contribution in [-0.2, 0) is 4.79 Å². The summed E-state index contributed by atoms with van der Waals surface area (Å²) in [6.07, 6.45) is 0. The molecule has 0 aliphatic carbocycles. The monoisotopic (exact) mass is 370 g/mol. The molecular formula is C16H13Cl3N2O2. The lowest BCUT2D eigenvalue weighted by molar-refractivity contribution is -0.123. The minimum absolute atomic E-state index is 0.247. The van der Waals surface area contributed by atoms with Gasteiger partial charge in [-0.1, -0.05) is 65.1 Å². The molecule has 2 aromatic carbocycles. The number of benzene rings is 2. The summed E-state index contributed by atoms with van der Waals surface area (Å²) < 4.78 is 5.32. The van der Waals surface area contributed by atoms with Crippen molar-refractivity contribution in [3.05, 3.63) is 63.1 Å². The molecule has 0 atom stereocenters. The number of hydrogen-bond donors (Lipinski definition) is 1. The fourth-order valence-corrected chi connectivity index (χ4v) is 2.27. The van der Waals surface area contributed by atoms with E-state index in [1.165, 1.54) is 12.1 Å². The molecule has 0 saturated heterocycles. The first-order chi connectivity index (χ1) is 11.0. The van der Waals surface area contributed by atoms with Crippen LogP contribution in [0.25, 0.3) is 0 Å². The van der Waals surface area contributed by atoms with Gasteiger partial charge < -0.3 is 4.74 Å². The van der Waals surface area contributed by atoms with Crippen molar-refractivity contribution in [2.75, 3.05) is 6.61 Å². The minimum atomic E-state index is -0.414. The highest BCUT2D eigenvalue weighted by atomic mass is 35.5. The number of nitrogens with one attached hydrogen (secondary N) is 1. The summed E-state index contributed by atoms with van der Waals surface area (Å²) in [6, 6.07) is 12.4. The Morgan fingerprint density at radius 1 is 1.09 bits per heavy atom. The lowest BCUT2D eigenvalue weighted by Gasteiger charge is -2.08. The predicted octanol–water partition coefficient (Wildman–Crippen LogP) is 4.57. The fourth-order valence-electron chi connectivity index (χ4n) is 1.68. The van der Waals surface area contributed by atoms with Gasteiger partial charge in [-0.3, -0.25) is 4.79 Å². The van der Waals surface area contributed by atoms with Crippen molar-refractivity contribution in [2.45, 2.75) is 6.92 Å². The van der Waals surface area contributed by atoms with Gasteiger partial charge in [-0.2, -0.15) is 5.10 Å². The normalized spacial score (nSPS) is 11.2. The van der Waals surface area contributed by atoms with Crippen LogP contribution in [0.4, 0.5) is 0 Å². The van der Waals surface area contributed by atoms with Crippen molar-refractivity contribution in [1.82, 2.24) is 5.43 Å². The maximum Gasteiger partial charge on any atom is 0.277 e. The van der Waals surface area contributed by atoms with Crippen LogP contribution in [0.1, 0.15) is 12.5 Å². The largest absolute Gasteiger partial charge is 0.482 e. The maximum atomic E-state index is 11.8. The molecule has 4 nitrogen and oxygen atoms in total. The highest BCUT2D eigenvalue weighted by Crippen LogP contribution is 2.33. The summed E-state index contributed by atoms with van der Waals surface area (Å²) >= 11 is 17.7. The third-order valence-corrected chi connectivity index (χ3v) is 3.89. The first-order valence-electron chi connectivity index (χ1n) is 6.63. The number of ether oxygens (including phenoxy) is 1. The quantitative estimate of drug-likeness (QED) is 0.475. The van der Waals surface area contributed by atoms with Crippen LogP contribution in [0.2, 0.25) is 15.1 Å². The van der Waals surface area contributed by atoms with Gasteiger partial charge in [0.25, 0.3) is 5.91 Å². The highest BCUT2D eigenvalue weighted by Gasteiger charge is 2.09. The molecule has 2 aromatic rings. The highest BCUT2D eigenvalue weighted by molar-refractivity contribution is 6.43. The van der Waals surface area contributed by atoms with E-state index in [4.69, 9.17) is 39.5 Å². The molecule has 0 aliphatic heterocycles. The Morgan fingerprint density at radius 2 is 1.74 bits per heavy atom. The summed E-state index contributed by atoms with van der Waals surface area (Å²) in [4.78, 5) is 11.8.